The van der Waals surface area contributed by atoms with Gasteiger partial charge in [-0.25, -0.2) is 0 Å². The first-order valence-corrected chi connectivity index (χ1v) is 4.75. The first-order chi connectivity index (χ1) is 6.52. The second-order valence-corrected chi connectivity index (χ2v) is 3.31. The number of hydrogen-bond donors (Lipinski definition) is 3. The monoisotopic (exact) mass is 202 g/mol. The standard InChI is InChI=1S/C9H18N2O3/c1-7(12)4-5-9(14)11-6-2-3-8(10)13/h7,12H,2-6H2,1H3,(H2,10,13)(H,11,14). The van der Waals surface area contributed by atoms with E-state index in [4.69, 9.17) is 10.8 Å². The highest BCUT2D eigenvalue weighted by atomic mass is 16.3. The van der Waals surface area contributed by atoms with E-state index in [1.807, 2.05) is 0 Å². The Labute approximate surface area is 83.7 Å². The molecule has 0 saturated heterocycles. The quantitative estimate of drug-likeness (QED) is 0.487. The van der Waals surface area contributed by atoms with E-state index in [1.54, 1.807) is 6.92 Å². The number of nitrogens with two attached hydrogens (primary N) is 1. The predicted molar refractivity (Wildman–Crippen MR) is 52.4 cm³/mol. The van der Waals surface area contributed by atoms with Crippen LogP contribution in [-0.4, -0.2) is 29.6 Å². The molecule has 0 radical (unpaired) electrons. The molecule has 0 aliphatic rings. The maximum Gasteiger partial charge on any atom is 0.220 e. The number of nitrogens with one attached hydrogen (secondary N) is 1. The van der Waals surface area contributed by atoms with Crippen LogP contribution >= 0.6 is 0 Å². The maximum absolute atomic E-state index is 11.1. The Balaban J connectivity index is 3.31. The molecule has 0 rings (SSSR count). The summed E-state index contributed by atoms with van der Waals surface area (Å²) in [4.78, 5) is 21.4. The Morgan fingerprint density at radius 3 is 2.57 bits per heavy atom. The molecule has 14 heavy (non-hydrogen) atoms. The third-order valence-corrected chi connectivity index (χ3v) is 1.71. The van der Waals surface area contributed by atoms with Gasteiger partial charge in [-0.05, 0) is 19.8 Å². The van der Waals surface area contributed by atoms with Crippen molar-refractivity contribution >= 4 is 11.8 Å². The first kappa shape index (κ1) is 12.9. The van der Waals surface area contributed by atoms with Gasteiger partial charge in [0.15, 0.2) is 0 Å². The molecular formula is C9H18N2O3. The van der Waals surface area contributed by atoms with Crippen LogP contribution in [0.3, 0.4) is 0 Å². The number of aliphatic hydroxyl groups excluding tert-OH is 1. The molecule has 0 fully saturated rings. The molecule has 0 aromatic heterocycles. The van der Waals surface area contributed by atoms with Gasteiger partial charge in [0.25, 0.3) is 0 Å². The first-order valence-electron chi connectivity index (χ1n) is 4.75. The summed E-state index contributed by atoms with van der Waals surface area (Å²) in [6.07, 6.45) is 1.17. The molecule has 5 nitrogen and oxygen atoms in total. The van der Waals surface area contributed by atoms with Crippen LogP contribution in [0.4, 0.5) is 0 Å². The average molecular weight is 202 g/mol. The lowest BCUT2D eigenvalue weighted by Gasteiger charge is -2.05. The van der Waals surface area contributed by atoms with Crippen molar-refractivity contribution in [1.29, 1.82) is 0 Å². The molecule has 0 bridgehead atoms. The van der Waals surface area contributed by atoms with E-state index in [-0.39, 0.29) is 18.2 Å². The maximum atomic E-state index is 11.1. The van der Waals surface area contributed by atoms with Crippen LogP contribution in [0.1, 0.15) is 32.6 Å². The Kier molecular flexibility index (Phi) is 6.74. The molecule has 5 heteroatoms. The summed E-state index contributed by atoms with van der Waals surface area (Å²) in [6, 6.07) is 0. The topological polar surface area (TPSA) is 92.4 Å². The van der Waals surface area contributed by atoms with Crippen LogP contribution in [0.25, 0.3) is 0 Å². The Morgan fingerprint density at radius 2 is 2.07 bits per heavy atom. The minimum Gasteiger partial charge on any atom is -0.393 e. The van der Waals surface area contributed by atoms with Gasteiger partial charge < -0.3 is 16.2 Å². The SMILES string of the molecule is CC(O)CCC(=O)NCCCC(N)=O. The number of hydrogen-bond acceptors (Lipinski definition) is 3. The average Bonchev–Trinajstić information content (AvgIpc) is 2.08. The summed E-state index contributed by atoms with van der Waals surface area (Å²) >= 11 is 0. The second-order valence-electron chi connectivity index (χ2n) is 3.31. The normalized spacial score (nSPS) is 12.1. The molecule has 0 heterocycles. The van der Waals surface area contributed by atoms with Crippen molar-refractivity contribution < 1.29 is 14.7 Å². The van der Waals surface area contributed by atoms with Crippen LogP contribution in [-0.2, 0) is 9.59 Å². The second kappa shape index (κ2) is 7.32. The molecule has 0 aromatic carbocycles. The lowest BCUT2D eigenvalue weighted by molar-refractivity contribution is -0.122. The Morgan fingerprint density at radius 1 is 1.43 bits per heavy atom. The zero-order valence-electron chi connectivity index (χ0n) is 8.45. The molecule has 1 unspecified atom stereocenters. The molecule has 0 aliphatic carbocycles. The lowest BCUT2D eigenvalue weighted by atomic mass is 10.2. The van der Waals surface area contributed by atoms with Crippen molar-refractivity contribution in [3.05, 3.63) is 0 Å². The number of amides is 2. The van der Waals surface area contributed by atoms with Gasteiger partial charge in [-0.1, -0.05) is 0 Å². The Hall–Kier alpha value is -1.10. The van der Waals surface area contributed by atoms with E-state index in [1.165, 1.54) is 0 Å². The van der Waals surface area contributed by atoms with E-state index < -0.39 is 6.10 Å². The number of primary amides is 1. The molecule has 4 N–H and O–H groups in total. The van der Waals surface area contributed by atoms with Gasteiger partial charge in [-0.15, -0.1) is 0 Å². The molecule has 0 spiro atoms. The third-order valence-electron chi connectivity index (χ3n) is 1.71. The fourth-order valence-electron chi connectivity index (χ4n) is 0.919. The van der Waals surface area contributed by atoms with Gasteiger partial charge in [0, 0.05) is 19.4 Å². The number of carbonyl (C=O) groups is 2. The minimum absolute atomic E-state index is 0.102. The van der Waals surface area contributed by atoms with Gasteiger partial charge in [0.05, 0.1) is 6.10 Å². The van der Waals surface area contributed by atoms with Crippen molar-refractivity contribution in [2.24, 2.45) is 5.73 Å². The summed E-state index contributed by atoms with van der Waals surface area (Å²) in [7, 11) is 0. The molecular weight excluding hydrogens is 184 g/mol. The molecule has 0 aliphatic heterocycles. The van der Waals surface area contributed by atoms with E-state index in [9.17, 15) is 9.59 Å². The van der Waals surface area contributed by atoms with Gasteiger partial charge in [0.2, 0.25) is 11.8 Å². The highest BCUT2D eigenvalue weighted by molar-refractivity contribution is 5.76. The van der Waals surface area contributed by atoms with Crippen molar-refractivity contribution in [1.82, 2.24) is 5.32 Å². The largest absolute Gasteiger partial charge is 0.393 e. The van der Waals surface area contributed by atoms with Gasteiger partial charge in [-0.3, -0.25) is 9.59 Å². The van der Waals surface area contributed by atoms with Crippen molar-refractivity contribution in [2.75, 3.05) is 6.54 Å². The van der Waals surface area contributed by atoms with Crippen LogP contribution in [0.2, 0.25) is 0 Å². The third kappa shape index (κ3) is 8.99. The van der Waals surface area contributed by atoms with Gasteiger partial charge in [-0.2, -0.15) is 0 Å². The summed E-state index contributed by atoms with van der Waals surface area (Å²) in [6.45, 7) is 2.10. The summed E-state index contributed by atoms with van der Waals surface area (Å²) in [5, 5.41) is 11.5. The van der Waals surface area contributed by atoms with Gasteiger partial charge in [0.1, 0.15) is 0 Å². The number of rotatable bonds is 7. The van der Waals surface area contributed by atoms with E-state index >= 15 is 0 Å². The Bertz CT molecular complexity index is 192. The number of carbonyl (C=O) groups excluding carboxylic acids is 2. The van der Waals surface area contributed by atoms with Crippen LogP contribution in [0.5, 0.6) is 0 Å². The van der Waals surface area contributed by atoms with Gasteiger partial charge >= 0.3 is 0 Å². The van der Waals surface area contributed by atoms with E-state index in [2.05, 4.69) is 5.32 Å². The van der Waals surface area contributed by atoms with Crippen LogP contribution in [0.15, 0.2) is 0 Å². The fraction of sp³-hybridized carbons (Fsp3) is 0.778. The summed E-state index contributed by atoms with van der Waals surface area (Å²) < 4.78 is 0. The summed E-state index contributed by atoms with van der Waals surface area (Å²) in [5.41, 5.74) is 4.92. The van der Waals surface area contributed by atoms with Crippen molar-refractivity contribution in [2.45, 2.75) is 38.7 Å². The molecule has 0 aromatic rings. The molecule has 1 atom stereocenters. The van der Waals surface area contributed by atoms with Crippen LogP contribution < -0.4 is 11.1 Å². The summed E-state index contributed by atoms with van der Waals surface area (Å²) in [5.74, 6) is -0.460. The van der Waals surface area contributed by atoms with Crippen molar-refractivity contribution in [3.8, 4) is 0 Å². The number of aliphatic hydroxyl groups is 1. The highest BCUT2D eigenvalue weighted by Gasteiger charge is 2.03. The van der Waals surface area contributed by atoms with E-state index in [0.717, 1.165) is 0 Å². The smallest absolute Gasteiger partial charge is 0.220 e. The zero-order chi connectivity index (χ0) is 11.0. The highest BCUT2D eigenvalue weighted by Crippen LogP contribution is 1.95. The van der Waals surface area contributed by atoms with Crippen LogP contribution in [0, 0.1) is 0 Å². The zero-order valence-corrected chi connectivity index (χ0v) is 8.45. The predicted octanol–water partition coefficient (Wildman–Crippen LogP) is -0.471. The minimum atomic E-state index is -0.452. The fourth-order valence-corrected chi connectivity index (χ4v) is 0.919. The molecule has 0 saturated carbocycles. The molecule has 2 amide bonds. The van der Waals surface area contributed by atoms with Crippen molar-refractivity contribution in [3.63, 3.8) is 0 Å². The molecule has 82 valence electrons. The lowest BCUT2D eigenvalue weighted by Crippen LogP contribution is -2.26. The van der Waals surface area contributed by atoms with E-state index in [0.29, 0.717) is 25.8 Å².